The van der Waals surface area contributed by atoms with Gasteiger partial charge in [-0.2, -0.15) is 5.10 Å². The molecular weight excluding hydrogens is 288 g/mol. The van der Waals surface area contributed by atoms with Gasteiger partial charge in [0, 0.05) is 10.7 Å². The molecule has 0 fully saturated rings. The van der Waals surface area contributed by atoms with Gasteiger partial charge in [0.25, 0.3) is 0 Å². The largest absolute Gasteiger partial charge is 0.397 e. The highest BCUT2D eigenvalue weighted by Gasteiger charge is 2.20. The first-order valence-electron chi connectivity index (χ1n) is 6.69. The highest BCUT2D eigenvalue weighted by molar-refractivity contribution is 6.31. The lowest BCUT2D eigenvalue weighted by atomic mass is 10.2. The van der Waals surface area contributed by atoms with E-state index >= 15 is 0 Å². The van der Waals surface area contributed by atoms with Crippen LogP contribution in [0.3, 0.4) is 0 Å². The van der Waals surface area contributed by atoms with E-state index in [1.165, 1.54) is 0 Å². The fourth-order valence-electron chi connectivity index (χ4n) is 2.11. The molecule has 112 valence electrons. The molecule has 21 heavy (non-hydrogen) atoms. The second-order valence-electron chi connectivity index (χ2n) is 5.14. The van der Waals surface area contributed by atoms with Crippen LogP contribution in [0.4, 0.5) is 11.4 Å². The summed E-state index contributed by atoms with van der Waals surface area (Å²) >= 11 is 5.92. The number of nitrogens with zero attached hydrogens (tertiary/aromatic N) is 2. The van der Waals surface area contributed by atoms with Crippen molar-refractivity contribution in [1.29, 1.82) is 0 Å². The maximum atomic E-state index is 12.4. The quantitative estimate of drug-likeness (QED) is 0.855. The van der Waals surface area contributed by atoms with Crippen molar-refractivity contribution in [3.05, 3.63) is 40.2 Å². The van der Waals surface area contributed by atoms with Gasteiger partial charge in [-0.25, -0.2) is 0 Å². The van der Waals surface area contributed by atoms with Crippen molar-refractivity contribution in [3.63, 3.8) is 0 Å². The monoisotopic (exact) mass is 306 g/mol. The van der Waals surface area contributed by atoms with Crippen LogP contribution in [0.5, 0.6) is 0 Å². The van der Waals surface area contributed by atoms with Gasteiger partial charge in [-0.05, 0) is 51.5 Å². The Bertz CT molecular complexity index is 693. The van der Waals surface area contributed by atoms with Crippen molar-refractivity contribution >= 4 is 28.9 Å². The molecule has 0 aliphatic rings. The standard InChI is InChI=1S/C15H19ClN4O/c1-8-9(2)19-20(10(8)3)11(4)15(21)18-14-7-12(16)5-6-13(14)17/h5-7,11H,17H2,1-4H3,(H,18,21). The van der Waals surface area contributed by atoms with Crippen LogP contribution < -0.4 is 11.1 Å². The number of carbonyl (C=O) groups is 1. The molecule has 0 aliphatic heterocycles. The van der Waals surface area contributed by atoms with Crippen LogP contribution in [0.2, 0.25) is 5.02 Å². The first kappa shape index (κ1) is 15.4. The molecule has 0 aliphatic carbocycles. The zero-order valence-corrected chi connectivity index (χ0v) is 13.3. The van der Waals surface area contributed by atoms with E-state index in [9.17, 15) is 4.79 Å². The normalized spacial score (nSPS) is 12.2. The molecule has 2 aromatic rings. The van der Waals surface area contributed by atoms with Crippen molar-refractivity contribution in [2.24, 2.45) is 0 Å². The lowest BCUT2D eigenvalue weighted by molar-refractivity contribution is -0.119. The van der Waals surface area contributed by atoms with Gasteiger partial charge in [0.1, 0.15) is 6.04 Å². The van der Waals surface area contributed by atoms with E-state index in [1.807, 2.05) is 20.8 Å². The summed E-state index contributed by atoms with van der Waals surface area (Å²) in [5.74, 6) is -0.186. The summed E-state index contributed by atoms with van der Waals surface area (Å²) in [6.07, 6.45) is 0. The van der Waals surface area contributed by atoms with Gasteiger partial charge >= 0.3 is 0 Å². The number of anilines is 2. The second kappa shape index (κ2) is 5.77. The Morgan fingerprint density at radius 3 is 2.62 bits per heavy atom. The molecule has 1 amide bonds. The first-order valence-corrected chi connectivity index (χ1v) is 7.07. The van der Waals surface area contributed by atoms with E-state index in [4.69, 9.17) is 17.3 Å². The number of aryl methyl sites for hydroxylation is 1. The van der Waals surface area contributed by atoms with Crippen molar-refractivity contribution in [3.8, 4) is 0 Å². The highest BCUT2D eigenvalue weighted by Crippen LogP contribution is 2.24. The van der Waals surface area contributed by atoms with Crippen molar-refractivity contribution in [2.75, 3.05) is 11.1 Å². The lowest BCUT2D eigenvalue weighted by Gasteiger charge is -2.16. The third-order valence-electron chi connectivity index (χ3n) is 3.71. The van der Waals surface area contributed by atoms with Gasteiger partial charge in [-0.1, -0.05) is 11.6 Å². The molecule has 1 heterocycles. The Balaban J connectivity index is 2.23. The summed E-state index contributed by atoms with van der Waals surface area (Å²) in [4.78, 5) is 12.4. The van der Waals surface area contributed by atoms with Crippen LogP contribution in [0, 0.1) is 20.8 Å². The smallest absolute Gasteiger partial charge is 0.249 e. The summed E-state index contributed by atoms with van der Waals surface area (Å²) < 4.78 is 1.72. The number of amides is 1. The van der Waals surface area contributed by atoms with Crippen LogP contribution >= 0.6 is 11.6 Å². The Morgan fingerprint density at radius 2 is 2.05 bits per heavy atom. The number of rotatable bonds is 3. The predicted molar refractivity (Wildman–Crippen MR) is 85.6 cm³/mol. The Morgan fingerprint density at radius 1 is 1.38 bits per heavy atom. The number of halogens is 1. The van der Waals surface area contributed by atoms with E-state index in [2.05, 4.69) is 10.4 Å². The minimum atomic E-state index is -0.434. The van der Waals surface area contributed by atoms with Gasteiger partial charge in [-0.15, -0.1) is 0 Å². The lowest BCUT2D eigenvalue weighted by Crippen LogP contribution is -2.25. The zero-order chi connectivity index (χ0) is 15.7. The molecule has 0 spiro atoms. The molecule has 1 atom stereocenters. The maximum absolute atomic E-state index is 12.4. The number of nitrogens with two attached hydrogens (primary N) is 1. The van der Waals surface area contributed by atoms with E-state index in [-0.39, 0.29) is 5.91 Å². The van der Waals surface area contributed by atoms with E-state index in [1.54, 1.807) is 29.8 Å². The molecule has 1 aromatic carbocycles. The maximum Gasteiger partial charge on any atom is 0.249 e. The average molecular weight is 307 g/mol. The third-order valence-corrected chi connectivity index (χ3v) is 3.94. The summed E-state index contributed by atoms with van der Waals surface area (Å²) in [7, 11) is 0. The second-order valence-corrected chi connectivity index (χ2v) is 5.57. The molecule has 6 heteroatoms. The van der Waals surface area contributed by atoms with Crippen molar-refractivity contribution < 1.29 is 4.79 Å². The minimum absolute atomic E-state index is 0.186. The van der Waals surface area contributed by atoms with Gasteiger partial charge in [0.05, 0.1) is 17.1 Å². The third kappa shape index (κ3) is 3.03. The summed E-state index contributed by atoms with van der Waals surface area (Å²) in [6, 6.07) is 4.54. The van der Waals surface area contributed by atoms with E-state index < -0.39 is 6.04 Å². The van der Waals surface area contributed by atoms with Crippen LogP contribution in [-0.2, 0) is 4.79 Å². The van der Waals surface area contributed by atoms with Crippen molar-refractivity contribution in [1.82, 2.24) is 9.78 Å². The van der Waals surface area contributed by atoms with Gasteiger partial charge in [0.15, 0.2) is 0 Å². The number of carbonyl (C=O) groups excluding carboxylic acids is 1. The summed E-state index contributed by atoms with van der Waals surface area (Å²) in [5, 5.41) is 7.73. The molecule has 1 aromatic heterocycles. The molecule has 0 saturated heterocycles. The molecule has 5 nitrogen and oxygen atoms in total. The number of aromatic nitrogens is 2. The first-order chi connectivity index (χ1) is 9.81. The Kier molecular flexibility index (Phi) is 4.23. The Hall–Kier alpha value is -2.01. The molecule has 1 unspecified atom stereocenters. The number of hydrogen-bond donors (Lipinski definition) is 2. The topological polar surface area (TPSA) is 72.9 Å². The number of benzene rings is 1. The van der Waals surface area contributed by atoms with Crippen LogP contribution in [0.1, 0.15) is 29.9 Å². The van der Waals surface area contributed by atoms with Crippen LogP contribution in [0.25, 0.3) is 0 Å². The Labute approximate surface area is 129 Å². The SMILES string of the molecule is Cc1nn(C(C)C(=O)Nc2cc(Cl)ccc2N)c(C)c1C. The fourth-order valence-corrected chi connectivity index (χ4v) is 2.28. The number of hydrogen-bond acceptors (Lipinski definition) is 3. The summed E-state index contributed by atoms with van der Waals surface area (Å²) in [5.41, 5.74) is 9.83. The molecule has 0 bridgehead atoms. The average Bonchev–Trinajstić information content (AvgIpc) is 2.69. The number of nitrogen functional groups attached to an aromatic ring is 1. The molecule has 0 saturated carbocycles. The fraction of sp³-hybridized carbons (Fsp3) is 0.333. The molecule has 3 N–H and O–H groups in total. The van der Waals surface area contributed by atoms with E-state index in [0.717, 1.165) is 17.0 Å². The van der Waals surface area contributed by atoms with Crippen LogP contribution in [-0.4, -0.2) is 15.7 Å². The zero-order valence-electron chi connectivity index (χ0n) is 12.6. The van der Waals surface area contributed by atoms with Gasteiger partial charge in [0.2, 0.25) is 5.91 Å². The molecule has 0 radical (unpaired) electrons. The highest BCUT2D eigenvalue weighted by atomic mass is 35.5. The van der Waals surface area contributed by atoms with Gasteiger partial charge in [-0.3, -0.25) is 9.48 Å². The van der Waals surface area contributed by atoms with Crippen LogP contribution in [0.15, 0.2) is 18.2 Å². The molecular formula is C15H19ClN4O. The van der Waals surface area contributed by atoms with Crippen molar-refractivity contribution in [2.45, 2.75) is 33.7 Å². The molecule has 2 rings (SSSR count). The van der Waals surface area contributed by atoms with Gasteiger partial charge < -0.3 is 11.1 Å². The number of nitrogens with one attached hydrogen (secondary N) is 1. The predicted octanol–water partition coefficient (Wildman–Crippen LogP) is 3.24. The minimum Gasteiger partial charge on any atom is -0.397 e. The summed E-state index contributed by atoms with van der Waals surface area (Å²) in [6.45, 7) is 7.67. The van der Waals surface area contributed by atoms with E-state index in [0.29, 0.717) is 16.4 Å².